The number of methoxy groups -OCH3 is 1. The van der Waals surface area contributed by atoms with Crippen molar-refractivity contribution >= 4 is 23.2 Å². The minimum absolute atomic E-state index is 0.0262. The highest BCUT2D eigenvalue weighted by Crippen LogP contribution is 2.26. The molecule has 1 saturated heterocycles. The molecule has 1 N–H and O–H groups in total. The van der Waals surface area contributed by atoms with Gasteiger partial charge in [-0.05, 0) is 25.2 Å². The lowest BCUT2D eigenvalue weighted by molar-refractivity contribution is -0.137. The Balaban J connectivity index is 1.94. The van der Waals surface area contributed by atoms with Crippen LogP contribution in [0.2, 0.25) is 0 Å². The first kappa shape index (κ1) is 14.8. The number of hydrogen-bond acceptors (Lipinski definition) is 4. The second-order valence-corrected chi connectivity index (χ2v) is 5.95. The van der Waals surface area contributed by atoms with Gasteiger partial charge < -0.3 is 14.7 Å². The number of rotatable bonds is 5. The standard InChI is InChI=1S/C14H19NO4S/c1-19-11-7-12(20-9-11)14(18)15-6-2-3-10(8-15)4-5-13(16)17/h7,9-10H,2-6,8H2,1H3,(H,16,17)/t10-/m0/s1. The predicted molar refractivity (Wildman–Crippen MR) is 76.4 cm³/mol. The van der Waals surface area contributed by atoms with E-state index in [1.165, 1.54) is 11.3 Å². The van der Waals surface area contributed by atoms with Gasteiger partial charge in [0.25, 0.3) is 5.91 Å². The maximum absolute atomic E-state index is 12.4. The largest absolute Gasteiger partial charge is 0.496 e. The summed E-state index contributed by atoms with van der Waals surface area (Å²) in [6.07, 6.45) is 2.77. The third-order valence-corrected chi connectivity index (χ3v) is 4.49. The van der Waals surface area contributed by atoms with E-state index in [1.54, 1.807) is 13.2 Å². The Bertz CT molecular complexity index is 485. The van der Waals surface area contributed by atoms with Crippen LogP contribution in [0.1, 0.15) is 35.4 Å². The van der Waals surface area contributed by atoms with Crippen LogP contribution < -0.4 is 4.74 Å². The molecule has 1 fully saturated rings. The first-order chi connectivity index (χ1) is 9.60. The van der Waals surface area contributed by atoms with Crippen LogP contribution in [-0.2, 0) is 4.79 Å². The molecule has 1 aromatic rings. The normalized spacial score (nSPS) is 18.9. The van der Waals surface area contributed by atoms with E-state index in [0.29, 0.717) is 29.5 Å². The van der Waals surface area contributed by atoms with E-state index in [0.717, 1.165) is 19.4 Å². The van der Waals surface area contributed by atoms with E-state index < -0.39 is 5.97 Å². The van der Waals surface area contributed by atoms with Crippen LogP contribution >= 0.6 is 11.3 Å². The second kappa shape index (κ2) is 6.74. The molecule has 2 heterocycles. The Kier molecular flexibility index (Phi) is 5.00. The average Bonchev–Trinajstić information content (AvgIpc) is 2.93. The van der Waals surface area contributed by atoms with Crippen molar-refractivity contribution in [2.24, 2.45) is 5.92 Å². The minimum Gasteiger partial charge on any atom is -0.496 e. The fraction of sp³-hybridized carbons (Fsp3) is 0.571. The molecule has 0 saturated carbocycles. The van der Waals surface area contributed by atoms with Gasteiger partial charge in [-0.3, -0.25) is 9.59 Å². The number of carbonyl (C=O) groups is 2. The van der Waals surface area contributed by atoms with E-state index >= 15 is 0 Å². The van der Waals surface area contributed by atoms with Gasteiger partial charge >= 0.3 is 5.97 Å². The molecule has 5 nitrogen and oxygen atoms in total. The molecule has 20 heavy (non-hydrogen) atoms. The fourth-order valence-corrected chi connectivity index (χ4v) is 3.33. The monoisotopic (exact) mass is 297 g/mol. The first-order valence-corrected chi connectivity index (χ1v) is 7.61. The van der Waals surface area contributed by atoms with Crippen molar-refractivity contribution in [1.82, 2.24) is 4.90 Å². The Morgan fingerprint density at radius 1 is 1.55 bits per heavy atom. The number of ether oxygens (including phenoxy) is 1. The van der Waals surface area contributed by atoms with Gasteiger partial charge in [-0.25, -0.2) is 0 Å². The van der Waals surface area contributed by atoms with Crippen molar-refractivity contribution in [3.05, 3.63) is 16.3 Å². The number of amides is 1. The van der Waals surface area contributed by atoms with Crippen LogP contribution in [0.25, 0.3) is 0 Å². The summed E-state index contributed by atoms with van der Waals surface area (Å²) >= 11 is 1.39. The number of aliphatic carboxylic acids is 1. The molecule has 1 amide bonds. The zero-order valence-corrected chi connectivity index (χ0v) is 12.3. The molecule has 1 atom stereocenters. The number of nitrogens with zero attached hydrogens (tertiary/aromatic N) is 1. The number of carboxylic acids is 1. The highest BCUT2D eigenvalue weighted by atomic mass is 32.1. The lowest BCUT2D eigenvalue weighted by atomic mass is 9.93. The molecule has 0 unspecified atom stereocenters. The van der Waals surface area contributed by atoms with Crippen LogP contribution in [-0.4, -0.2) is 42.1 Å². The summed E-state index contributed by atoms with van der Waals surface area (Å²) in [5, 5.41) is 10.6. The first-order valence-electron chi connectivity index (χ1n) is 6.73. The Morgan fingerprint density at radius 2 is 2.35 bits per heavy atom. The number of carbonyl (C=O) groups excluding carboxylic acids is 1. The Labute approximate surface area is 122 Å². The molecule has 0 aliphatic carbocycles. The molecule has 1 aliphatic heterocycles. The molecule has 110 valence electrons. The average molecular weight is 297 g/mol. The summed E-state index contributed by atoms with van der Waals surface area (Å²) in [5.74, 6) is 0.262. The van der Waals surface area contributed by atoms with Gasteiger partial charge in [0.1, 0.15) is 5.75 Å². The van der Waals surface area contributed by atoms with Crippen molar-refractivity contribution in [3.63, 3.8) is 0 Å². The molecule has 0 spiro atoms. The van der Waals surface area contributed by atoms with Crippen molar-refractivity contribution in [3.8, 4) is 5.75 Å². The van der Waals surface area contributed by atoms with E-state index in [4.69, 9.17) is 9.84 Å². The van der Waals surface area contributed by atoms with Crippen molar-refractivity contribution in [1.29, 1.82) is 0 Å². The summed E-state index contributed by atoms with van der Waals surface area (Å²) in [5.41, 5.74) is 0. The van der Waals surface area contributed by atoms with Gasteiger partial charge in [-0.15, -0.1) is 11.3 Å². The van der Waals surface area contributed by atoms with Crippen LogP contribution in [0.15, 0.2) is 11.4 Å². The molecule has 0 aromatic carbocycles. The third kappa shape index (κ3) is 3.72. The van der Waals surface area contributed by atoms with Gasteiger partial charge in [0.15, 0.2) is 0 Å². The topological polar surface area (TPSA) is 66.8 Å². The lowest BCUT2D eigenvalue weighted by Gasteiger charge is -2.32. The van der Waals surface area contributed by atoms with E-state index in [2.05, 4.69) is 0 Å². The third-order valence-electron chi connectivity index (χ3n) is 3.59. The smallest absolute Gasteiger partial charge is 0.303 e. The quantitative estimate of drug-likeness (QED) is 0.906. The molecule has 0 bridgehead atoms. The molecule has 1 aromatic heterocycles. The number of likely N-dealkylation sites (tertiary alicyclic amines) is 1. The molecule has 2 rings (SSSR count). The highest BCUT2D eigenvalue weighted by Gasteiger charge is 2.25. The second-order valence-electron chi connectivity index (χ2n) is 5.04. The summed E-state index contributed by atoms with van der Waals surface area (Å²) in [6.45, 7) is 1.41. The zero-order valence-electron chi connectivity index (χ0n) is 11.5. The van der Waals surface area contributed by atoms with Gasteiger partial charge in [0.2, 0.25) is 0 Å². The SMILES string of the molecule is COc1csc(C(=O)N2CCC[C@@H](CCC(=O)O)C2)c1. The zero-order chi connectivity index (χ0) is 14.5. The predicted octanol–water partition coefficient (Wildman–Crippen LogP) is 2.47. The van der Waals surface area contributed by atoms with E-state index in [1.807, 2.05) is 10.3 Å². The molecular weight excluding hydrogens is 278 g/mol. The number of carboxylic acid groups (broad SMARTS) is 1. The van der Waals surface area contributed by atoms with Crippen LogP contribution in [0, 0.1) is 5.92 Å². The molecule has 0 radical (unpaired) electrons. The highest BCUT2D eigenvalue weighted by molar-refractivity contribution is 7.12. The van der Waals surface area contributed by atoms with Crippen molar-refractivity contribution in [2.45, 2.75) is 25.7 Å². The maximum Gasteiger partial charge on any atom is 0.303 e. The van der Waals surface area contributed by atoms with Crippen molar-refractivity contribution < 1.29 is 19.4 Å². The van der Waals surface area contributed by atoms with Crippen molar-refractivity contribution in [2.75, 3.05) is 20.2 Å². The Hall–Kier alpha value is -1.56. The molecule has 1 aliphatic rings. The Morgan fingerprint density at radius 3 is 3.00 bits per heavy atom. The van der Waals surface area contributed by atoms with Crippen LogP contribution in [0.4, 0.5) is 0 Å². The minimum atomic E-state index is -0.767. The fourth-order valence-electron chi connectivity index (χ4n) is 2.51. The summed E-state index contributed by atoms with van der Waals surface area (Å²) in [7, 11) is 1.58. The van der Waals surface area contributed by atoms with Gasteiger partial charge in [0.05, 0.1) is 12.0 Å². The van der Waals surface area contributed by atoms with Gasteiger partial charge in [0, 0.05) is 31.0 Å². The van der Waals surface area contributed by atoms with Crippen LogP contribution in [0.5, 0.6) is 5.75 Å². The summed E-state index contributed by atoms with van der Waals surface area (Å²) in [4.78, 5) is 25.5. The number of piperidine rings is 1. The van der Waals surface area contributed by atoms with Crippen LogP contribution in [0.3, 0.4) is 0 Å². The van der Waals surface area contributed by atoms with Gasteiger partial charge in [-0.1, -0.05) is 0 Å². The van der Waals surface area contributed by atoms with Gasteiger partial charge in [-0.2, -0.15) is 0 Å². The van der Waals surface area contributed by atoms with E-state index in [-0.39, 0.29) is 12.3 Å². The number of thiophene rings is 1. The van der Waals surface area contributed by atoms with E-state index in [9.17, 15) is 9.59 Å². The summed E-state index contributed by atoms with van der Waals surface area (Å²) < 4.78 is 5.09. The maximum atomic E-state index is 12.4. The summed E-state index contributed by atoms with van der Waals surface area (Å²) in [6, 6.07) is 1.76. The molecular formula is C14H19NO4S. The number of hydrogen-bond donors (Lipinski definition) is 1. The molecule has 6 heteroatoms. The lowest BCUT2D eigenvalue weighted by Crippen LogP contribution is -2.39.